The summed E-state index contributed by atoms with van der Waals surface area (Å²) in [5.74, 6) is -2.90. The molecule has 3 aliphatic heterocycles. The van der Waals surface area contributed by atoms with Crippen molar-refractivity contribution in [2.45, 2.75) is 75.8 Å². The van der Waals surface area contributed by atoms with Crippen LogP contribution in [0.2, 0.25) is 0 Å². The van der Waals surface area contributed by atoms with Gasteiger partial charge in [-0.1, -0.05) is 54.1 Å². The van der Waals surface area contributed by atoms with Crippen molar-refractivity contribution in [3.63, 3.8) is 0 Å². The fourth-order valence-electron chi connectivity index (χ4n) is 8.50. The number of nitrogens with one attached hydrogen (secondary N) is 3. The number of hydrogen-bond acceptors (Lipinski definition) is 13. The molecule has 332 valence electrons. The number of thiazole rings is 1. The molecule has 3 aromatic carbocycles. The van der Waals surface area contributed by atoms with E-state index in [0.717, 1.165) is 98.0 Å². The summed E-state index contributed by atoms with van der Waals surface area (Å²) in [6.07, 6.45) is 7.92. The fraction of sp³-hybridized carbons (Fsp3) is 0.370. The highest BCUT2D eigenvalue weighted by Gasteiger charge is 2.46. The molecule has 4 N–H and O–H groups in total. The fourth-order valence-corrected chi connectivity index (χ4v) is 9.59. The predicted molar refractivity (Wildman–Crippen MR) is 234 cm³/mol. The van der Waals surface area contributed by atoms with Crippen LogP contribution in [0.1, 0.15) is 104 Å². The summed E-state index contributed by atoms with van der Waals surface area (Å²) in [5, 5.41) is 26.2. The summed E-state index contributed by atoms with van der Waals surface area (Å²) in [6.45, 7) is 3.89. The van der Waals surface area contributed by atoms with E-state index in [1.165, 1.54) is 12.1 Å². The molecule has 0 spiro atoms. The van der Waals surface area contributed by atoms with Crippen LogP contribution in [0, 0.1) is 0 Å². The number of fused-ring (bicyclic) bond motifs is 1. The molecule has 3 aliphatic rings. The topological polar surface area (TPSA) is 218 Å². The van der Waals surface area contributed by atoms with Crippen molar-refractivity contribution in [3.8, 4) is 17.0 Å². The number of hydrogen-bond donors (Lipinski definition) is 4. The van der Waals surface area contributed by atoms with E-state index in [1.54, 1.807) is 47.1 Å². The Labute approximate surface area is 373 Å². The molecule has 5 aromatic rings. The first-order valence-electron chi connectivity index (χ1n) is 21.6. The third kappa shape index (κ3) is 9.78. The molecule has 0 radical (unpaired) electrons. The number of aromatic nitrogens is 4. The molecular weight excluding hydrogens is 839 g/mol. The van der Waals surface area contributed by atoms with Gasteiger partial charge in [-0.25, -0.2) is 10.5 Å². The van der Waals surface area contributed by atoms with Crippen LogP contribution in [0.25, 0.3) is 11.3 Å². The van der Waals surface area contributed by atoms with Gasteiger partial charge in [-0.05, 0) is 81.9 Å². The molecule has 0 aliphatic carbocycles. The average Bonchev–Trinajstić information content (AvgIpc) is 4.07. The molecule has 17 nitrogen and oxygen atoms in total. The molecule has 2 aromatic heterocycles. The number of unbranched alkanes of at least 4 members (excludes halogenated alkanes) is 3. The largest absolute Gasteiger partial charge is 0.493 e. The first-order chi connectivity index (χ1) is 31.1. The zero-order valence-corrected chi connectivity index (χ0v) is 36.0. The monoisotopic (exact) mass is 887 g/mol. The summed E-state index contributed by atoms with van der Waals surface area (Å²) in [5.41, 5.74) is 4.94. The molecule has 0 saturated carbocycles. The average molecular weight is 888 g/mol. The Hall–Kier alpha value is -6.63. The lowest BCUT2D eigenvalue weighted by Gasteiger charge is -2.40. The number of carbonyl (C=O) groups excluding carboxylic acids is 6. The van der Waals surface area contributed by atoms with E-state index in [0.29, 0.717) is 24.5 Å². The van der Waals surface area contributed by atoms with Gasteiger partial charge in [0.2, 0.25) is 11.8 Å². The first kappa shape index (κ1) is 44.0. The van der Waals surface area contributed by atoms with Crippen molar-refractivity contribution in [2.24, 2.45) is 0 Å². The number of hydroxylamine groups is 1. The molecule has 64 heavy (non-hydrogen) atoms. The Morgan fingerprint density at radius 2 is 1.66 bits per heavy atom. The van der Waals surface area contributed by atoms with E-state index in [1.807, 2.05) is 41.2 Å². The number of rotatable bonds is 18. The Balaban J connectivity index is 0.784. The van der Waals surface area contributed by atoms with Crippen LogP contribution in [0.4, 0.5) is 0 Å². The van der Waals surface area contributed by atoms with Crippen molar-refractivity contribution in [2.75, 3.05) is 32.8 Å². The van der Waals surface area contributed by atoms with Gasteiger partial charge >= 0.3 is 0 Å². The van der Waals surface area contributed by atoms with Gasteiger partial charge in [0.15, 0.2) is 0 Å². The van der Waals surface area contributed by atoms with Gasteiger partial charge in [0.05, 0.1) is 29.1 Å². The normalized spacial score (nSPS) is 17.3. The van der Waals surface area contributed by atoms with E-state index in [9.17, 15) is 28.8 Å². The van der Waals surface area contributed by atoms with Crippen LogP contribution in [0.15, 0.2) is 84.4 Å². The van der Waals surface area contributed by atoms with Gasteiger partial charge in [0.1, 0.15) is 16.8 Å². The zero-order valence-electron chi connectivity index (χ0n) is 35.2. The number of nitrogens with zero attached hydrogens (tertiary/aromatic N) is 6. The molecule has 1 atom stereocenters. The van der Waals surface area contributed by atoms with Crippen LogP contribution >= 0.6 is 11.3 Å². The highest BCUT2D eigenvalue weighted by atomic mass is 32.1. The van der Waals surface area contributed by atoms with Crippen molar-refractivity contribution in [1.82, 2.24) is 45.9 Å². The summed E-state index contributed by atoms with van der Waals surface area (Å²) >= 11 is 1.61. The Bertz CT molecular complexity index is 2530. The lowest BCUT2D eigenvalue weighted by molar-refractivity contribution is -0.136. The third-order valence-electron chi connectivity index (χ3n) is 12.2. The van der Waals surface area contributed by atoms with E-state index in [2.05, 4.69) is 31.2 Å². The first-order valence-corrected chi connectivity index (χ1v) is 22.4. The third-order valence-corrected chi connectivity index (χ3v) is 13.2. The number of likely N-dealkylation sites (tertiary alicyclic amines) is 1. The zero-order chi connectivity index (χ0) is 44.6. The maximum Gasteiger partial charge on any atom is 0.274 e. The van der Waals surface area contributed by atoms with Gasteiger partial charge in [0.25, 0.3) is 23.6 Å². The second-order valence-electron chi connectivity index (χ2n) is 16.3. The molecule has 2 fully saturated rings. The van der Waals surface area contributed by atoms with E-state index in [-0.39, 0.29) is 40.9 Å². The van der Waals surface area contributed by atoms with Gasteiger partial charge in [-0.3, -0.25) is 48.9 Å². The summed E-state index contributed by atoms with van der Waals surface area (Å²) in [6, 6.07) is 20.1. The number of piperidine rings is 2. The predicted octanol–water partition coefficient (Wildman–Crippen LogP) is 4.57. The minimum atomic E-state index is -1.03. The molecule has 8 rings (SSSR count). The van der Waals surface area contributed by atoms with Crippen LogP contribution in [-0.2, 0) is 28.0 Å². The maximum absolute atomic E-state index is 13.4. The minimum Gasteiger partial charge on any atom is -0.493 e. The number of ether oxygens (including phenoxy) is 1. The molecule has 2 saturated heterocycles. The number of amides is 6. The van der Waals surface area contributed by atoms with Gasteiger partial charge in [-0.2, -0.15) is 0 Å². The van der Waals surface area contributed by atoms with Crippen molar-refractivity contribution < 1.29 is 38.7 Å². The Morgan fingerprint density at radius 3 is 2.44 bits per heavy atom. The van der Waals surface area contributed by atoms with Crippen LogP contribution < -0.4 is 20.9 Å². The maximum atomic E-state index is 13.4. The lowest BCUT2D eigenvalue weighted by atomic mass is 9.78. The quantitative estimate of drug-likeness (QED) is 0.0412. The number of carbonyl (C=O) groups is 6. The second-order valence-corrected chi connectivity index (χ2v) is 17.2. The summed E-state index contributed by atoms with van der Waals surface area (Å²) < 4.78 is 7.85. The molecule has 0 bridgehead atoms. The number of aryl methyl sites for hydroxylation is 1. The molecular formula is C46H49N9O8S. The van der Waals surface area contributed by atoms with E-state index >= 15 is 0 Å². The second kappa shape index (κ2) is 19.8. The van der Waals surface area contributed by atoms with E-state index in [4.69, 9.17) is 14.9 Å². The highest BCUT2D eigenvalue weighted by molar-refractivity contribution is 7.10. The molecule has 6 amide bonds. The van der Waals surface area contributed by atoms with E-state index < -0.39 is 35.6 Å². The smallest absolute Gasteiger partial charge is 0.274 e. The SMILES string of the molecule is O=C1CCC(N2C(=O)c3cccc(OCCCCCCn4cc(CCN5CCC(CNC(=O)c6cccc(C(=O)NO)c6)(c6nc(-c7ccccc7)cs6)CC5)nn4)c3C2=O)C(=O)N1. The van der Waals surface area contributed by atoms with Gasteiger partial charge in [-0.15, -0.1) is 16.4 Å². The molecule has 18 heteroatoms. The Kier molecular flexibility index (Phi) is 13.6. The lowest BCUT2D eigenvalue weighted by Crippen LogP contribution is -2.54. The highest BCUT2D eigenvalue weighted by Crippen LogP contribution is 2.39. The summed E-state index contributed by atoms with van der Waals surface area (Å²) in [7, 11) is 0. The Morgan fingerprint density at radius 1 is 0.891 bits per heavy atom. The van der Waals surface area contributed by atoms with Gasteiger partial charge in [0, 0.05) is 66.2 Å². The molecule has 5 heterocycles. The minimum absolute atomic E-state index is 0.0567. The van der Waals surface area contributed by atoms with Crippen LogP contribution in [-0.4, -0.2) is 109 Å². The van der Waals surface area contributed by atoms with Crippen molar-refractivity contribution >= 4 is 46.8 Å². The number of imide groups is 2. The standard InChI is InChI=1S/C46H49N9O8S/c56-38-17-16-36(42(59)49-38)55-43(60)34-14-9-15-37(39(34)44(55)61)63-25-7-2-1-6-21-54-27-33(50-52-54)18-22-53-23-19-46(20-24-53,45-48-35(28-64-45)30-10-4-3-5-11-30)29-47-40(57)31-12-8-13-32(26-31)41(58)51-62/h3-5,8-15,26-28,36,62H,1-2,6-7,16-25,29H2,(H,47,57)(H,51,58)(H,49,56,59). The van der Waals surface area contributed by atoms with Gasteiger partial charge < -0.3 is 15.0 Å². The van der Waals surface area contributed by atoms with Crippen LogP contribution in [0.3, 0.4) is 0 Å². The number of benzene rings is 3. The molecule has 1 unspecified atom stereocenters. The summed E-state index contributed by atoms with van der Waals surface area (Å²) in [4.78, 5) is 84.3. The van der Waals surface area contributed by atoms with Crippen molar-refractivity contribution in [1.29, 1.82) is 0 Å². The van der Waals surface area contributed by atoms with Crippen LogP contribution in [0.5, 0.6) is 5.75 Å². The van der Waals surface area contributed by atoms with Crippen molar-refractivity contribution in [3.05, 3.63) is 117 Å².